The molecule has 0 spiro atoms. The number of hydrogen-bond donors (Lipinski definition) is 2. The summed E-state index contributed by atoms with van der Waals surface area (Å²) in [6.45, 7) is 4.86. The molecule has 3 aromatic heterocycles. The van der Waals surface area contributed by atoms with Crippen LogP contribution in [0.3, 0.4) is 0 Å². The van der Waals surface area contributed by atoms with E-state index in [2.05, 4.69) is 25.8 Å². The molecule has 9 nitrogen and oxygen atoms in total. The van der Waals surface area contributed by atoms with Crippen LogP contribution in [0.5, 0.6) is 6.01 Å². The number of ether oxygens (including phenoxy) is 1. The lowest BCUT2D eigenvalue weighted by atomic mass is 10.0. The zero-order valence-corrected chi connectivity index (χ0v) is 24.6. The molecule has 0 saturated carbocycles. The summed E-state index contributed by atoms with van der Waals surface area (Å²) in [5, 5.41) is 9.80. The molecule has 0 radical (unpaired) electrons. The molecule has 0 aliphatic carbocycles. The topological polar surface area (TPSA) is 130 Å². The Hall–Kier alpha value is -4.17. The first-order valence-corrected chi connectivity index (χ1v) is 14.7. The van der Waals surface area contributed by atoms with Crippen LogP contribution < -0.4 is 21.1 Å². The van der Waals surface area contributed by atoms with Gasteiger partial charge < -0.3 is 26.0 Å². The highest BCUT2D eigenvalue weighted by Crippen LogP contribution is 2.43. The fourth-order valence-corrected chi connectivity index (χ4v) is 6.36. The Kier molecular flexibility index (Phi) is 8.87. The van der Waals surface area contributed by atoms with Crippen LogP contribution in [0.1, 0.15) is 31.7 Å². The van der Waals surface area contributed by atoms with Gasteiger partial charge in [-0.25, -0.2) is 13.2 Å². The number of halogens is 3. The van der Waals surface area contributed by atoms with E-state index < -0.39 is 23.1 Å². The standard InChI is InChI=1S/C30H31F3N8OS/c1-4-6-7-17(35)14-41(5-2)29-19-12-37-26(23-20(31)10-21(32)27-22(23)18(11-34)28(36)43-27)24(33)25(19)38-30(39-29)42-15-16-8-9-40(3)13-16/h1,10,12,16-17H,5-9,13-15,35-36H2,2-3H3/t16-,17?/m0/s1. The second-order valence-electron chi connectivity index (χ2n) is 10.7. The lowest BCUT2D eigenvalue weighted by molar-refractivity contribution is 0.233. The van der Waals surface area contributed by atoms with E-state index in [4.69, 9.17) is 22.6 Å². The van der Waals surface area contributed by atoms with Crippen molar-refractivity contribution in [1.29, 1.82) is 5.26 Å². The fraction of sp³-hybridized carbons (Fsp3) is 0.400. The van der Waals surface area contributed by atoms with Crippen molar-refractivity contribution in [2.24, 2.45) is 11.7 Å². The summed E-state index contributed by atoms with van der Waals surface area (Å²) in [5.41, 5.74) is 11.1. The molecular formula is C30H31F3N8OS. The van der Waals surface area contributed by atoms with Crippen LogP contribution in [0.25, 0.3) is 32.2 Å². The molecule has 1 fully saturated rings. The predicted octanol–water partition coefficient (Wildman–Crippen LogP) is 4.68. The molecule has 1 aliphatic heterocycles. The Morgan fingerprint density at radius 1 is 1.30 bits per heavy atom. The molecule has 4 aromatic rings. The first-order valence-electron chi connectivity index (χ1n) is 13.9. The van der Waals surface area contributed by atoms with Gasteiger partial charge in [0.05, 0.1) is 22.3 Å². The summed E-state index contributed by atoms with van der Waals surface area (Å²) in [7, 11) is 2.03. The van der Waals surface area contributed by atoms with Gasteiger partial charge in [-0.2, -0.15) is 15.2 Å². The maximum Gasteiger partial charge on any atom is 0.319 e. The van der Waals surface area contributed by atoms with E-state index in [1.807, 2.05) is 24.9 Å². The largest absolute Gasteiger partial charge is 0.463 e. The minimum atomic E-state index is -1.09. The highest BCUT2D eigenvalue weighted by Gasteiger charge is 2.28. The Labute approximate surface area is 251 Å². The number of pyridine rings is 1. The van der Waals surface area contributed by atoms with Crippen molar-refractivity contribution >= 4 is 43.1 Å². The number of rotatable bonds is 10. The summed E-state index contributed by atoms with van der Waals surface area (Å²) in [5.74, 6) is 0.217. The highest BCUT2D eigenvalue weighted by molar-refractivity contribution is 7.23. The number of nitrogen functional groups attached to an aromatic ring is 1. The minimum absolute atomic E-state index is 0.0120. The van der Waals surface area contributed by atoms with Crippen LogP contribution in [0, 0.1) is 47.0 Å². The average molecular weight is 609 g/mol. The summed E-state index contributed by atoms with van der Waals surface area (Å²) >= 11 is 0.782. The van der Waals surface area contributed by atoms with Crippen molar-refractivity contribution in [3.05, 3.63) is 35.3 Å². The number of likely N-dealkylation sites (tertiary alicyclic amines) is 1. The van der Waals surface area contributed by atoms with E-state index >= 15 is 8.78 Å². The molecule has 13 heteroatoms. The summed E-state index contributed by atoms with van der Waals surface area (Å²) in [6, 6.07) is 2.18. The number of nitrogens with two attached hydrogens (primary N) is 2. The van der Waals surface area contributed by atoms with Crippen molar-refractivity contribution in [2.75, 3.05) is 50.5 Å². The van der Waals surface area contributed by atoms with Gasteiger partial charge in [-0.1, -0.05) is 0 Å². The number of nitrogens with zero attached hydrogens (tertiary/aromatic N) is 6. The Morgan fingerprint density at radius 3 is 2.77 bits per heavy atom. The molecule has 43 heavy (non-hydrogen) atoms. The van der Waals surface area contributed by atoms with Gasteiger partial charge >= 0.3 is 6.01 Å². The molecule has 1 aliphatic rings. The van der Waals surface area contributed by atoms with Crippen molar-refractivity contribution in [3.8, 4) is 35.7 Å². The van der Waals surface area contributed by atoms with Gasteiger partial charge in [-0.05, 0) is 33.4 Å². The van der Waals surface area contributed by atoms with Crippen LogP contribution in [-0.4, -0.2) is 65.7 Å². The number of anilines is 2. The number of fused-ring (bicyclic) bond motifs is 2. The maximum absolute atomic E-state index is 16.5. The van der Waals surface area contributed by atoms with Gasteiger partial charge in [-0.15, -0.1) is 23.7 Å². The number of benzene rings is 1. The van der Waals surface area contributed by atoms with Crippen molar-refractivity contribution in [1.82, 2.24) is 19.9 Å². The molecule has 0 amide bonds. The molecule has 1 saturated heterocycles. The molecule has 4 N–H and O–H groups in total. The third kappa shape index (κ3) is 5.89. The van der Waals surface area contributed by atoms with Gasteiger partial charge in [0.1, 0.15) is 39.7 Å². The molecule has 2 atom stereocenters. The number of aromatic nitrogens is 3. The van der Waals surface area contributed by atoms with Crippen LogP contribution in [-0.2, 0) is 0 Å². The van der Waals surface area contributed by atoms with Crippen LogP contribution >= 0.6 is 11.3 Å². The number of likely N-dealkylation sites (N-methyl/N-ethyl adjacent to an activating group) is 1. The number of nitriles is 1. The maximum atomic E-state index is 16.5. The lowest BCUT2D eigenvalue weighted by Gasteiger charge is -2.27. The monoisotopic (exact) mass is 608 g/mol. The molecule has 5 rings (SSSR count). The van der Waals surface area contributed by atoms with Gasteiger partial charge in [-0.3, -0.25) is 4.98 Å². The number of terminal acetylenes is 1. The molecule has 1 aromatic carbocycles. The molecule has 224 valence electrons. The van der Waals surface area contributed by atoms with Crippen molar-refractivity contribution in [2.45, 2.75) is 32.2 Å². The van der Waals surface area contributed by atoms with E-state index in [9.17, 15) is 9.65 Å². The molecule has 4 heterocycles. The van der Waals surface area contributed by atoms with E-state index in [1.54, 1.807) is 0 Å². The SMILES string of the molecule is C#CCCC(N)CN(CC)c1nc(OC[C@H]2CCN(C)C2)nc2c(F)c(-c3c(F)cc(F)c4sc(N)c(C#N)c34)ncc12. The van der Waals surface area contributed by atoms with Gasteiger partial charge in [0, 0.05) is 61.2 Å². The zero-order chi connectivity index (χ0) is 30.8. The zero-order valence-electron chi connectivity index (χ0n) is 23.8. The van der Waals surface area contributed by atoms with E-state index in [1.165, 1.54) is 6.20 Å². The second kappa shape index (κ2) is 12.6. The van der Waals surface area contributed by atoms with Gasteiger partial charge in [0.15, 0.2) is 5.82 Å². The van der Waals surface area contributed by atoms with Crippen LogP contribution in [0.4, 0.5) is 24.0 Å². The average Bonchev–Trinajstić information content (AvgIpc) is 3.56. The van der Waals surface area contributed by atoms with Gasteiger partial charge in [0.2, 0.25) is 0 Å². The minimum Gasteiger partial charge on any atom is -0.463 e. The highest BCUT2D eigenvalue weighted by atomic mass is 32.1. The van der Waals surface area contributed by atoms with Gasteiger partial charge in [0.25, 0.3) is 0 Å². The lowest BCUT2D eigenvalue weighted by Crippen LogP contribution is -2.38. The second-order valence-corrected chi connectivity index (χ2v) is 11.7. The third-order valence-corrected chi connectivity index (χ3v) is 8.65. The van der Waals surface area contributed by atoms with E-state index in [-0.39, 0.29) is 55.1 Å². The summed E-state index contributed by atoms with van der Waals surface area (Å²) in [4.78, 5) is 17.3. The first-order chi connectivity index (χ1) is 20.7. The number of hydrogen-bond acceptors (Lipinski definition) is 10. The number of thiophene rings is 1. The third-order valence-electron chi connectivity index (χ3n) is 7.62. The summed E-state index contributed by atoms with van der Waals surface area (Å²) in [6.07, 6.45) is 8.77. The molecule has 1 unspecified atom stereocenters. The van der Waals surface area contributed by atoms with E-state index in [0.29, 0.717) is 44.4 Å². The quantitative estimate of drug-likeness (QED) is 0.247. The predicted molar refractivity (Wildman–Crippen MR) is 162 cm³/mol. The Balaban J connectivity index is 1.67. The van der Waals surface area contributed by atoms with E-state index in [0.717, 1.165) is 30.8 Å². The first kappa shape index (κ1) is 30.3. The normalized spacial score (nSPS) is 16.0. The molecular weight excluding hydrogens is 577 g/mol. The smallest absolute Gasteiger partial charge is 0.319 e. The Bertz CT molecular complexity index is 1770. The van der Waals surface area contributed by atoms with Crippen LogP contribution in [0.15, 0.2) is 12.3 Å². The molecule has 0 bridgehead atoms. The summed E-state index contributed by atoms with van der Waals surface area (Å²) < 4.78 is 52.5. The van der Waals surface area contributed by atoms with Crippen molar-refractivity contribution in [3.63, 3.8) is 0 Å². The Morgan fingerprint density at radius 2 is 2.09 bits per heavy atom. The fourth-order valence-electron chi connectivity index (χ4n) is 5.43. The van der Waals surface area contributed by atoms with Crippen molar-refractivity contribution < 1.29 is 17.9 Å². The van der Waals surface area contributed by atoms with Crippen LogP contribution in [0.2, 0.25) is 0 Å².